The predicted octanol–water partition coefficient (Wildman–Crippen LogP) is 3.08. The van der Waals surface area contributed by atoms with Crippen molar-refractivity contribution < 1.29 is 0 Å². The fraction of sp³-hybridized carbons (Fsp3) is 0.333. The third-order valence-electron chi connectivity index (χ3n) is 2.68. The van der Waals surface area contributed by atoms with Crippen molar-refractivity contribution in [1.29, 1.82) is 0 Å². The Bertz CT molecular complexity index is 462. The lowest BCUT2D eigenvalue weighted by Crippen LogP contribution is -2.23. The Hall–Kier alpha value is -0.800. The van der Waals surface area contributed by atoms with E-state index in [2.05, 4.69) is 57.4 Å². The van der Waals surface area contributed by atoms with E-state index in [-0.39, 0.29) is 0 Å². The first-order valence-electron chi connectivity index (χ1n) is 5.14. The van der Waals surface area contributed by atoms with Crippen LogP contribution in [-0.2, 0) is 6.42 Å². The van der Waals surface area contributed by atoms with Gasteiger partial charge in [0, 0.05) is 28.0 Å². The Morgan fingerprint density at radius 1 is 1.47 bits per heavy atom. The van der Waals surface area contributed by atoms with Gasteiger partial charge in [-0.15, -0.1) is 0 Å². The van der Waals surface area contributed by atoms with E-state index >= 15 is 0 Å². The number of hydrogen-bond donors (Lipinski definition) is 2. The normalized spacial score (nSPS) is 13.3. The third-order valence-corrected chi connectivity index (χ3v) is 3.34. The molecule has 2 aromatic rings. The van der Waals surface area contributed by atoms with E-state index < -0.39 is 0 Å². The molecule has 3 heteroatoms. The standard InChI is InChI=1S/C12H15BrN2/c1-8(14-2)6-10-7-9-4-3-5-11(13)12(9)15-10/h3-5,7-8,14-15H,6H2,1-2H3. The molecule has 0 bridgehead atoms. The summed E-state index contributed by atoms with van der Waals surface area (Å²) in [5, 5.41) is 4.51. The van der Waals surface area contributed by atoms with E-state index in [1.54, 1.807) is 0 Å². The molecule has 0 aliphatic heterocycles. The molecule has 15 heavy (non-hydrogen) atoms. The Morgan fingerprint density at radius 3 is 2.93 bits per heavy atom. The molecule has 2 rings (SSSR count). The zero-order chi connectivity index (χ0) is 10.8. The molecule has 2 N–H and O–H groups in total. The molecule has 0 aliphatic rings. The molecule has 0 fully saturated rings. The van der Waals surface area contributed by atoms with Crippen molar-refractivity contribution in [3.05, 3.63) is 34.4 Å². The zero-order valence-electron chi connectivity index (χ0n) is 8.97. The molecule has 0 aliphatic carbocycles. The molecule has 0 spiro atoms. The number of para-hydroxylation sites is 1. The second-order valence-electron chi connectivity index (χ2n) is 3.89. The molecule has 80 valence electrons. The van der Waals surface area contributed by atoms with Crippen LogP contribution in [0.4, 0.5) is 0 Å². The van der Waals surface area contributed by atoms with Gasteiger partial charge in [-0.2, -0.15) is 0 Å². The lowest BCUT2D eigenvalue weighted by atomic mass is 10.2. The van der Waals surface area contributed by atoms with Crippen LogP contribution in [0, 0.1) is 0 Å². The quantitative estimate of drug-likeness (QED) is 0.878. The number of halogens is 1. The number of fused-ring (bicyclic) bond motifs is 1. The number of likely N-dealkylation sites (N-methyl/N-ethyl adjacent to an activating group) is 1. The van der Waals surface area contributed by atoms with Crippen LogP contribution in [0.1, 0.15) is 12.6 Å². The van der Waals surface area contributed by atoms with Crippen LogP contribution < -0.4 is 5.32 Å². The Morgan fingerprint density at radius 2 is 2.27 bits per heavy atom. The molecule has 0 saturated carbocycles. The van der Waals surface area contributed by atoms with E-state index in [9.17, 15) is 0 Å². The Kier molecular flexibility index (Phi) is 3.12. The maximum Gasteiger partial charge on any atom is 0.0600 e. The van der Waals surface area contributed by atoms with Crippen molar-refractivity contribution >= 4 is 26.8 Å². The number of benzene rings is 1. The molecule has 1 heterocycles. The summed E-state index contributed by atoms with van der Waals surface area (Å²) in [6, 6.07) is 8.96. The Labute approximate surface area is 98.2 Å². The fourth-order valence-electron chi connectivity index (χ4n) is 1.72. The van der Waals surface area contributed by atoms with Crippen molar-refractivity contribution in [2.24, 2.45) is 0 Å². The van der Waals surface area contributed by atoms with Crippen LogP contribution >= 0.6 is 15.9 Å². The first kappa shape index (κ1) is 10.7. The first-order chi connectivity index (χ1) is 7.20. The van der Waals surface area contributed by atoms with E-state index in [4.69, 9.17) is 0 Å². The number of aromatic amines is 1. The number of hydrogen-bond acceptors (Lipinski definition) is 1. The number of aromatic nitrogens is 1. The van der Waals surface area contributed by atoms with Gasteiger partial charge < -0.3 is 10.3 Å². The maximum absolute atomic E-state index is 3.55. The Balaban J connectivity index is 2.35. The summed E-state index contributed by atoms with van der Waals surface area (Å²) in [5.41, 5.74) is 2.47. The minimum absolute atomic E-state index is 0.497. The van der Waals surface area contributed by atoms with Crippen LogP contribution in [0.15, 0.2) is 28.7 Å². The van der Waals surface area contributed by atoms with Crippen molar-refractivity contribution in [1.82, 2.24) is 10.3 Å². The summed E-state index contributed by atoms with van der Waals surface area (Å²) in [6.45, 7) is 2.18. The van der Waals surface area contributed by atoms with Crippen LogP contribution in [0.25, 0.3) is 10.9 Å². The minimum Gasteiger partial charge on any atom is -0.357 e. The molecule has 0 amide bonds. The molecular weight excluding hydrogens is 252 g/mol. The lowest BCUT2D eigenvalue weighted by molar-refractivity contribution is 0.603. The highest BCUT2D eigenvalue weighted by Crippen LogP contribution is 2.24. The van der Waals surface area contributed by atoms with Gasteiger partial charge in [0.1, 0.15) is 0 Å². The van der Waals surface area contributed by atoms with Gasteiger partial charge in [0.25, 0.3) is 0 Å². The molecular formula is C12H15BrN2. The van der Waals surface area contributed by atoms with Gasteiger partial charge in [0.05, 0.1) is 5.52 Å². The van der Waals surface area contributed by atoms with Crippen LogP contribution in [0.3, 0.4) is 0 Å². The number of rotatable bonds is 3. The molecule has 2 nitrogen and oxygen atoms in total. The molecule has 1 atom stereocenters. The lowest BCUT2D eigenvalue weighted by Gasteiger charge is -2.07. The van der Waals surface area contributed by atoms with E-state index in [1.165, 1.54) is 16.6 Å². The first-order valence-corrected chi connectivity index (χ1v) is 5.93. The van der Waals surface area contributed by atoms with Crippen molar-refractivity contribution in [3.63, 3.8) is 0 Å². The fourth-order valence-corrected chi connectivity index (χ4v) is 2.20. The van der Waals surface area contributed by atoms with Gasteiger partial charge in [-0.1, -0.05) is 12.1 Å². The molecule has 1 aromatic heterocycles. The zero-order valence-corrected chi connectivity index (χ0v) is 10.6. The summed E-state index contributed by atoms with van der Waals surface area (Å²) < 4.78 is 1.13. The summed E-state index contributed by atoms with van der Waals surface area (Å²) in [6.07, 6.45) is 1.03. The summed E-state index contributed by atoms with van der Waals surface area (Å²) in [7, 11) is 1.99. The number of nitrogens with one attached hydrogen (secondary N) is 2. The second kappa shape index (κ2) is 4.37. The largest absolute Gasteiger partial charge is 0.357 e. The van der Waals surface area contributed by atoms with Gasteiger partial charge in [0.15, 0.2) is 0 Å². The maximum atomic E-state index is 3.55. The molecule has 1 aromatic carbocycles. The van der Waals surface area contributed by atoms with Crippen molar-refractivity contribution in [3.8, 4) is 0 Å². The molecule has 1 unspecified atom stereocenters. The smallest absolute Gasteiger partial charge is 0.0600 e. The monoisotopic (exact) mass is 266 g/mol. The SMILES string of the molecule is CNC(C)Cc1cc2cccc(Br)c2[nH]1. The predicted molar refractivity (Wildman–Crippen MR) is 68.2 cm³/mol. The van der Waals surface area contributed by atoms with Gasteiger partial charge in [-0.25, -0.2) is 0 Å². The minimum atomic E-state index is 0.497. The van der Waals surface area contributed by atoms with E-state index in [0.29, 0.717) is 6.04 Å². The van der Waals surface area contributed by atoms with Crippen LogP contribution in [0.2, 0.25) is 0 Å². The summed E-state index contributed by atoms with van der Waals surface area (Å²) >= 11 is 3.55. The van der Waals surface area contributed by atoms with E-state index in [0.717, 1.165) is 10.9 Å². The van der Waals surface area contributed by atoms with Crippen molar-refractivity contribution in [2.45, 2.75) is 19.4 Å². The van der Waals surface area contributed by atoms with Crippen molar-refractivity contribution in [2.75, 3.05) is 7.05 Å². The van der Waals surface area contributed by atoms with Gasteiger partial charge in [-0.3, -0.25) is 0 Å². The molecule has 0 radical (unpaired) electrons. The average molecular weight is 267 g/mol. The average Bonchev–Trinajstić information content (AvgIpc) is 2.62. The topological polar surface area (TPSA) is 27.8 Å². The van der Waals surface area contributed by atoms with Crippen LogP contribution in [0.5, 0.6) is 0 Å². The molecule has 0 saturated heterocycles. The van der Waals surface area contributed by atoms with Gasteiger partial charge in [0.2, 0.25) is 0 Å². The second-order valence-corrected chi connectivity index (χ2v) is 4.75. The van der Waals surface area contributed by atoms with E-state index in [1.807, 2.05) is 7.05 Å². The highest BCUT2D eigenvalue weighted by Gasteiger charge is 2.06. The highest BCUT2D eigenvalue weighted by atomic mass is 79.9. The summed E-state index contributed by atoms with van der Waals surface area (Å²) in [5.74, 6) is 0. The third kappa shape index (κ3) is 2.24. The number of H-pyrrole nitrogens is 1. The highest BCUT2D eigenvalue weighted by molar-refractivity contribution is 9.10. The van der Waals surface area contributed by atoms with Gasteiger partial charge in [-0.05, 0) is 42.0 Å². The summed E-state index contributed by atoms with van der Waals surface area (Å²) in [4.78, 5) is 3.44. The van der Waals surface area contributed by atoms with Crippen LogP contribution in [-0.4, -0.2) is 18.1 Å². The van der Waals surface area contributed by atoms with Gasteiger partial charge >= 0.3 is 0 Å².